The molecule has 4 heteroatoms. The topological polar surface area (TPSA) is 64.7 Å². The maximum atomic E-state index is 9.49. The van der Waals surface area contributed by atoms with Gasteiger partial charge in [-0.3, -0.25) is 0 Å². The largest absolute Gasteiger partial charge is 0.490 e. The summed E-state index contributed by atoms with van der Waals surface area (Å²) in [7, 11) is 0. The van der Waals surface area contributed by atoms with Crippen LogP contribution in [0.25, 0.3) is 0 Å². The molecule has 1 aliphatic rings. The van der Waals surface area contributed by atoms with E-state index in [2.05, 4.69) is 0 Å². The first-order valence-electron chi connectivity index (χ1n) is 6.48. The minimum absolute atomic E-state index is 0.155. The molecule has 1 heterocycles. The molecule has 18 heavy (non-hydrogen) atoms. The Bertz CT molecular complexity index is 393. The summed E-state index contributed by atoms with van der Waals surface area (Å²) in [5, 5.41) is 9.49. The molecule has 2 rings (SSSR count). The van der Waals surface area contributed by atoms with E-state index in [9.17, 15) is 5.11 Å². The zero-order chi connectivity index (χ0) is 13.0. The third kappa shape index (κ3) is 3.15. The molecule has 4 nitrogen and oxygen atoms in total. The number of hydrogen-bond donors (Lipinski definition) is 2. The van der Waals surface area contributed by atoms with Gasteiger partial charge in [0.2, 0.25) is 0 Å². The third-order valence-electron chi connectivity index (χ3n) is 3.15. The van der Waals surface area contributed by atoms with E-state index in [4.69, 9.17) is 15.2 Å². The molecular formula is C14H21NO3. The Morgan fingerprint density at radius 3 is 2.67 bits per heavy atom. The van der Waals surface area contributed by atoms with E-state index < -0.39 is 0 Å². The first kappa shape index (κ1) is 13.2. The van der Waals surface area contributed by atoms with Crippen LogP contribution >= 0.6 is 0 Å². The van der Waals surface area contributed by atoms with Crippen LogP contribution in [0.5, 0.6) is 11.5 Å². The zero-order valence-corrected chi connectivity index (χ0v) is 10.8. The van der Waals surface area contributed by atoms with Gasteiger partial charge in [0, 0.05) is 6.42 Å². The summed E-state index contributed by atoms with van der Waals surface area (Å²) >= 11 is 0. The van der Waals surface area contributed by atoms with Crippen molar-refractivity contribution in [2.24, 2.45) is 5.73 Å². The van der Waals surface area contributed by atoms with Gasteiger partial charge in [-0.15, -0.1) is 0 Å². The SMILES string of the molecule is CC(O)CC(CN)c1ccc2c(c1)OCCCO2. The highest BCUT2D eigenvalue weighted by Crippen LogP contribution is 2.33. The Morgan fingerprint density at radius 2 is 2.00 bits per heavy atom. The lowest BCUT2D eigenvalue weighted by molar-refractivity contribution is 0.175. The predicted octanol–water partition coefficient (Wildman–Crippen LogP) is 1.66. The minimum Gasteiger partial charge on any atom is -0.490 e. The van der Waals surface area contributed by atoms with Crippen molar-refractivity contribution in [1.29, 1.82) is 0 Å². The molecule has 0 spiro atoms. The maximum Gasteiger partial charge on any atom is 0.161 e. The van der Waals surface area contributed by atoms with Crippen LogP contribution in [0.1, 0.15) is 31.2 Å². The fourth-order valence-electron chi connectivity index (χ4n) is 2.21. The normalized spacial score (nSPS) is 17.9. The lowest BCUT2D eigenvalue weighted by Gasteiger charge is -2.18. The first-order chi connectivity index (χ1) is 8.70. The molecule has 0 saturated carbocycles. The lowest BCUT2D eigenvalue weighted by atomic mass is 9.93. The van der Waals surface area contributed by atoms with Crippen molar-refractivity contribution in [2.75, 3.05) is 19.8 Å². The average molecular weight is 251 g/mol. The summed E-state index contributed by atoms with van der Waals surface area (Å²) in [6.07, 6.45) is 1.21. The Hall–Kier alpha value is -1.26. The van der Waals surface area contributed by atoms with Crippen LogP contribution in [-0.4, -0.2) is 31.0 Å². The molecule has 0 amide bonds. The van der Waals surface area contributed by atoms with Crippen molar-refractivity contribution in [3.63, 3.8) is 0 Å². The summed E-state index contributed by atoms with van der Waals surface area (Å²) in [6, 6.07) is 5.93. The molecule has 0 fully saturated rings. The van der Waals surface area contributed by atoms with Crippen molar-refractivity contribution >= 4 is 0 Å². The van der Waals surface area contributed by atoms with Crippen LogP contribution in [-0.2, 0) is 0 Å². The van der Waals surface area contributed by atoms with Crippen molar-refractivity contribution < 1.29 is 14.6 Å². The number of hydrogen-bond acceptors (Lipinski definition) is 4. The van der Waals surface area contributed by atoms with Crippen molar-refractivity contribution in [3.05, 3.63) is 23.8 Å². The van der Waals surface area contributed by atoms with E-state index >= 15 is 0 Å². The van der Waals surface area contributed by atoms with Crippen LogP contribution in [0.3, 0.4) is 0 Å². The molecule has 0 radical (unpaired) electrons. The predicted molar refractivity (Wildman–Crippen MR) is 70.1 cm³/mol. The third-order valence-corrected chi connectivity index (χ3v) is 3.15. The monoisotopic (exact) mass is 251 g/mol. The summed E-state index contributed by atoms with van der Waals surface area (Å²) in [5.41, 5.74) is 6.88. The standard InChI is InChI=1S/C14H21NO3/c1-10(16)7-12(9-15)11-3-4-13-14(8-11)18-6-2-5-17-13/h3-4,8,10,12,16H,2,5-7,9,15H2,1H3. The number of aliphatic hydroxyl groups excluding tert-OH is 1. The van der Waals surface area contributed by atoms with E-state index in [0.29, 0.717) is 26.2 Å². The molecule has 2 atom stereocenters. The summed E-state index contributed by atoms with van der Waals surface area (Å²) < 4.78 is 11.3. The van der Waals surface area contributed by atoms with Gasteiger partial charge in [0.1, 0.15) is 0 Å². The molecule has 100 valence electrons. The molecule has 3 N–H and O–H groups in total. The van der Waals surface area contributed by atoms with Gasteiger partial charge in [-0.25, -0.2) is 0 Å². The number of nitrogens with two attached hydrogens (primary N) is 1. The number of benzene rings is 1. The molecule has 1 aromatic carbocycles. The highest BCUT2D eigenvalue weighted by molar-refractivity contribution is 5.44. The first-order valence-corrected chi connectivity index (χ1v) is 6.48. The Labute approximate surface area is 108 Å². The van der Waals surface area contributed by atoms with Crippen LogP contribution < -0.4 is 15.2 Å². The van der Waals surface area contributed by atoms with Gasteiger partial charge < -0.3 is 20.3 Å². The van der Waals surface area contributed by atoms with Gasteiger partial charge >= 0.3 is 0 Å². The van der Waals surface area contributed by atoms with Gasteiger partial charge in [0.05, 0.1) is 19.3 Å². The number of rotatable bonds is 4. The molecule has 2 unspecified atom stereocenters. The van der Waals surface area contributed by atoms with Gasteiger partial charge in [-0.2, -0.15) is 0 Å². The Kier molecular flexibility index (Phi) is 4.44. The fourth-order valence-corrected chi connectivity index (χ4v) is 2.21. The van der Waals surface area contributed by atoms with Gasteiger partial charge in [0.15, 0.2) is 11.5 Å². The Morgan fingerprint density at radius 1 is 1.28 bits per heavy atom. The van der Waals surface area contributed by atoms with Gasteiger partial charge in [-0.1, -0.05) is 6.07 Å². The van der Waals surface area contributed by atoms with E-state index in [0.717, 1.165) is 23.5 Å². The Balaban J connectivity index is 2.20. The second kappa shape index (κ2) is 6.07. The molecule has 0 aromatic heterocycles. The average Bonchev–Trinajstić information content (AvgIpc) is 2.59. The van der Waals surface area contributed by atoms with Crippen molar-refractivity contribution in [1.82, 2.24) is 0 Å². The van der Waals surface area contributed by atoms with E-state index in [1.807, 2.05) is 18.2 Å². The zero-order valence-electron chi connectivity index (χ0n) is 10.8. The van der Waals surface area contributed by atoms with Crippen molar-refractivity contribution in [3.8, 4) is 11.5 Å². The lowest BCUT2D eigenvalue weighted by Crippen LogP contribution is -2.17. The minimum atomic E-state index is -0.352. The molecular weight excluding hydrogens is 230 g/mol. The van der Waals surface area contributed by atoms with Crippen LogP contribution in [0, 0.1) is 0 Å². The number of fused-ring (bicyclic) bond motifs is 1. The van der Waals surface area contributed by atoms with E-state index in [1.165, 1.54) is 0 Å². The quantitative estimate of drug-likeness (QED) is 0.854. The second-order valence-corrected chi connectivity index (χ2v) is 4.77. The molecule has 0 bridgehead atoms. The smallest absolute Gasteiger partial charge is 0.161 e. The molecule has 0 aliphatic carbocycles. The molecule has 1 aromatic rings. The van der Waals surface area contributed by atoms with E-state index in [-0.39, 0.29) is 12.0 Å². The van der Waals surface area contributed by atoms with Crippen LogP contribution in [0.15, 0.2) is 18.2 Å². The van der Waals surface area contributed by atoms with Crippen LogP contribution in [0.2, 0.25) is 0 Å². The second-order valence-electron chi connectivity index (χ2n) is 4.77. The number of aliphatic hydroxyl groups is 1. The fraction of sp³-hybridized carbons (Fsp3) is 0.571. The highest BCUT2D eigenvalue weighted by atomic mass is 16.5. The van der Waals surface area contributed by atoms with Crippen molar-refractivity contribution in [2.45, 2.75) is 31.8 Å². The summed E-state index contributed by atoms with van der Waals surface area (Å²) in [4.78, 5) is 0. The number of ether oxygens (including phenoxy) is 2. The van der Waals surface area contributed by atoms with Gasteiger partial charge in [-0.05, 0) is 43.5 Å². The summed E-state index contributed by atoms with van der Waals surface area (Å²) in [5.74, 6) is 1.74. The highest BCUT2D eigenvalue weighted by Gasteiger charge is 2.16. The van der Waals surface area contributed by atoms with E-state index in [1.54, 1.807) is 6.92 Å². The molecule has 0 saturated heterocycles. The molecule has 1 aliphatic heterocycles. The van der Waals surface area contributed by atoms with Gasteiger partial charge in [0.25, 0.3) is 0 Å². The maximum absolute atomic E-state index is 9.49. The summed E-state index contributed by atoms with van der Waals surface area (Å²) in [6.45, 7) is 3.68. The van der Waals surface area contributed by atoms with Crippen LogP contribution in [0.4, 0.5) is 0 Å².